The fourth-order valence-corrected chi connectivity index (χ4v) is 11.5. The third kappa shape index (κ3) is 9.63. The normalized spacial score (nSPS) is 19.8. The number of carboxylic acids is 1. The van der Waals surface area contributed by atoms with Crippen molar-refractivity contribution < 1.29 is 24.5 Å². The number of carbonyl (C=O) groups excluding carboxylic acids is 1. The van der Waals surface area contributed by atoms with Gasteiger partial charge in [0.05, 0.1) is 28.7 Å². The first kappa shape index (κ1) is 43.6. The van der Waals surface area contributed by atoms with Gasteiger partial charge in [-0.1, -0.05) is 74.4 Å². The van der Waals surface area contributed by atoms with Crippen molar-refractivity contribution in [1.82, 2.24) is 24.6 Å². The Morgan fingerprint density at radius 1 is 0.919 bits per heavy atom. The summed E-state index contributed by atoms with van der Waals surface area (Å²) < 4.78 is 9.21. The summed E-state index contributed by atoms with van der Waals surface area (Å²) >= 11 is 1.43. The number of benzene rings is 3. The molecule has 2 unspecified atom stereocenters. The number of hydrogen-bond acceptors (Lipinski definition) is 9. The molecule has 326 valence electrons. The van der Waals surface area contributed by atoms with Crippen LogP contribution in [0.15, 0.2) is 79.0 Å². The number of pyridine rings is 1. The van der Waals surface area contributed by atoms with E-state index in [0.29, 0.717) is 27.5 Å². The van der Waals surface area contributed by atoms with E-state index in [9.17, 15) is 14.7 Å². The van der Waals surface area contributed by atoms with E-state index in [1.807, 2.05) is 79.9 Å². The van der Waals surface area contributed by atoms with E-state index in [-0.39, 0.29) is 34.5 Å². The monoisotopic (exact) mass is 856 g/mol. The van der Waals surface area contributed by atoms with Crippen LogP contribution in [0, 0.1) is 23.2 Å². The molecule has 12 heteroatoms. The average Bonchev–Trinajstić information content (AvgIpc) is 4.05. The molecule has 0 spiro atoms. The largest absolute Gasteiger partial charge is 0.476 e. The number of likely N-dealkylation sites (N-methyl/N-ethyl adjacent to an activating group) is 1. The van der Waals surface area contributed by atoms with Crippen LogP contribution in [0.4, 0.5) is 5.13 Å². The molecule has 2 atom stereocenters. The van der Waals surface area contributed by atoms with Gasteiger partial charge in [0.2, 0.25) is 0 Å². The highest BCUT2D eigenvalue weighted by molar-refractivity contribution is 7.22. The molecule has 0 bridgehead atoms. The lowest BCUT2D eigenvalue weighted by Crippen LogP contribution is -2.32. The molecule has 8 rings (SSSR count). The molecule has 3 aromatic heterocycles. The summed E-state index contributed by atoms with van der Waals surface area (Å²) in [6, 6.07) is 22.8. The van der Waals surface area contributed by atoms with Gasteiger partial charge in [0.25, 0.3) is 5.91 Å². The second kappa shape index (κ2) is 18.4. The van der Waals surface area contributed by atoms with Crippen LogP contribution in [0.5, 0.6) is 0 Å². The van der Waals surface area contributed by atoms with Crippen molar-refractivity contribution in [3.05, 3.63) is 95.9 Å². The maximum Gasteiger partial charge on any atom is 0.355 e. The molecular weight excluding hydrogens is 797 g/mol. The van der Waals surface area contributed by atoms with Gasteiger partial charge in [-0.3, -0.25) is 14.8 Å². The van der Waals surface area contributed by atoms with Crippen molar-refractivity contribution in [3.63, 3.8) is 0 Å². The molecule has 2 fully saturated rings. The van der Waals surface area contributed by atoms with Crippen molar-refractivity contribution in [2.75, 3.05) is 45.3 Å². The molecule has 3 N–H and O–H groups in total. The smallest absolute Gasteiger partial charge is 0.355 e. The fourth-order valence-electron chi connectivity index (χ4n) is 10.6. The minimum absolute atomic E-state index is 0.0295. The fraction of sp³-hybridized carbons (Fsp3) is 0.460. The second-order valence-electron chi connectivity index (χ2n) is 18.8. The molecular formula is C50H60N6O5S. The van der Waals surface area contributed by atoms with E-state index >= 15 is 0 Å². The van der Waals surface area contributed by atoms with E-state index < -0.39 is 5.97 Å². The zero-order chi connectivity index (χ0) is 43.5. The minimum atomic E-state index is -1.11. The summed E-state index contributed by atoms with van der Waals surface area (Å²) in [6.07, 6.45) is 13.3. The highest BCUT2D eigenvalue weighted by Gasteiger charge is 2.48. The molecule has 2 aliphatic rings. The number of aromatic nitrogens is 4. The third-order valence-electron chi connectivity index (χ3n) is 13.7. The number of ether oxygens (including phenoxy) is 1. The molecule has 11 nitrogen and oxygen atoms in total. The molecule has 2 saturated carbocycles. The summed E-state index contributed by atoms with van der Waals surface area (Å²) in [7, 11) is 2.08. The Labute approximate surface area is 368 Å². The SMILES string of the molecule is Cc1c(-c2ccc(-c3ccc4cccc(C(=O)Nc5nc6ccccc6s5)c4c3)nc2C(=O)O)cnn1CC1(CC2(C)CCC(C)(CCOCCN(C)CCCO)C2)CCCC1. The Balaban J connectivity index is 0.968. The van der Waals surface area contributed by atoms with Crippen molar-refractivity contribution in [2.24, 2.45) is 16.2 Å². The standard InChI is InChI=1S/C50H60N6O5S/c1-34-40(30-51-56(34)33-50(19-7-8-20-50)32-49(3)22-21-48(2,31-49)23-27-61-28-25-55(4)24-10-26-57)37-17-18-41(52-44(37)46(59)60)36-16-15-35-11-9-12-38(39(35)29-36)45(58)54-47-53-42-13-5-6-14-43(42)62-47/h5-6,9,11-18,29-30,57H,7-8,10,19-28,31-33H2,1-4H3,(H,59,60)(H,53,54,58). The summed E-state index contributed by atoms with van der Waals surface area (Å²) in [5, 5.41) is 29.7. The van der Waals surface area contributed by atoms with Gasteiger partial charge in [-0.05, 0) is 129 Å². The van der Waals surface area contributed by atoms with E-state index in [2.05, 4.69) is 40.8 Å². The number of carbonyl (C=O) groups is 2. The second-order valence-corrected chi connectivity index (χ2v) is 19.8. The number of nitrogens with one attached hydrogen (secondary N) is 1. The molecule has 3 heterocycles. The Bertz CT molecular complexity index is 2530. The zero-order valence-electron chi connectivity index (χ0n) is 36.6. The molecule has 62 heavy (non-hydrogen) atoms. The highest BCUT2D eigenvalue weighted by Crippen LogP contribution is 2.58. The number of aliphatic hydroxyl groups excluding tert-OH is 1. The highest BCUT2D eigenvalue weighted by atomic mass is 32.1. The first-order chi connectivity index (χ1) is 29.9. The van der Waals surface area contributed by atoms with Crippen molar-refractivity contribution in [2.45, 2.75) is 91.5 Å². The lowest BCUT2D eigenvalue weighted by Gasteiger charge is -2.39. The lowest BCUT2D eigenvalue weighted by molar-refractivity contribution is 0.0690. The number of amides is 1. The predicted molar refractivity (Wildman–Crippen MR) is 248 cm³/mol. The molecule has 3 aromatic carbocycles. The minimum Gasteiger partial charge on any atom is -0.476 e. The number of carboxylic acid groups (broad SMARTS) is 1. The number of nitrogens with zero attached hydrogens (tertiary/aromatic N) is 5. The Hall–Kier alpha value is -5.01. The Morgan fingerprint density at radius 2 is 1.73 bits per heavy atom. The van der Waals surface area contributed by atoms with Gasteiger partial charge in [0.15, 0.2) is 10.8 Å². The van der Waals surface area contributed by atoms with E-state index in [1.165, 1.54) is 56.3 Å². The number of aromatic carboxylic acids is 1. The predicted octanol–water partition coefficient (Wildman–Crippen LogP) is 10.5. The van der Waals surface area contributed by atoms with Crippen LogP contribution in [0.3, 0.4) is 0 Å². The lowest BCUT2D eigenvalue weighted by atomic mass is 9.68. The van der Waals surface area contributed by atoms with E-state index in [1.54, 1.807) is 6.07 Å². The van der Waals surface area contributed by atoms with Crippen LogP contribution in [-0.4, -0.2) is 86.7 Å². The Kier molecular flexibility index (Phi) is 12.9. The quantitative estimate of drug-likeness (QED) is 0.0720. The number of fused-ring (bicyclic) bond motifs is 2. The summed E-state index contributed by atoms with van der Waals surface area (Å²) in [6.45, 7) is 11.3. The molecule has 1 amide bonds. The zero-order valence-corrected chi connectivity index (χ0v) is 37.4. The van der Waals surface area contributed by atoms with Crippen LogP contribution < -0.4 is 5.32 Å². The van der Waals surface area contributed by atoms with Gasteiger partial charge in [0, 0.05) is 60.8 Å². The van der Waals surface area contributed by atoms with E-state index in [0.717, 1.165) is 84.4 Å². The molecule has 0 radical (unpaired) electrons. The summed E-state index contributed by atoms with van der Waals surface area (Å²) in [4.78, 5) is 38.0. The number of hydrogen-bond donors (Lipinski definition) is 3. The van der Waals surface area contributed by atoms with Crippen LogP contribution in [0.1, 0.15) is 105 Å². The Morgan fingerprint density at radius 3 is 2.52 bits per heavy atom. The number of thiazole rings is 1. The third-order valence-corrected chi connectivity index (χ3v) is 14.7. The van der Waals surface area contributed by atoms with Crippen molar-refractivity contribution in [1.29, 1.82) is 0 Å². The van der Waals surface area contributed by atoms with Gasteiger partial charge in [0.1, 0.15) is 0 Å². The van der Waals surface area contributed by atoms with Gasteiger partial charge >= 0.3 is 5.97 Å². The van der Waals surface area contributed by atoms with Gasteiger partial charge in [-0.25, -0.2) is 14.8 Å². The number of anilines is 1. The van der Waals surface area contributed by atoms with Gasteiger partial charge in [-0.15, -0.1) is 0 Å². The topological polar surface area (TPSA) is 143 Å². The molecule has 0 aliphatic heterocycles. The number of para-hydroxylation sites is 1. The van der Waals surface area contributed by atoms with Crippen molar-refractivity contribution in [3.8, 4) is 22.4 Å². The van der Waals surface area contributed by atoms with Crippen LogP contribution in [0.2, 0.25) is 0 Å². The van der Waals surface area contributed by atoms with Gasteiger partial charge < -0.3 is 19.8 Å². The van der Waals surface area contributed by atoms with Gasteiger partial charge in [-0.2, -0.15) is 5.10 Å². The van der Waals surface area contributed by atoms with E-state index in [4.69, 9.17) is 19.9 Å². The first-order valence-corrected chi connectivity index (χ1v) is 23.0. The maximum absolute atomic E-state index is 13.6. The molecule has 6 aromatic rings. The average molecular weight is 857 g/mol. The number of aliphatic hydroxyl groups is 1. The van der Waals surface area contributed by atoms with Crippen LogP contribution in [-0.2, 0) is 11.3 Å². The maximum atomic E-state index is 13.6. The van der Waals surface area contributed by atoms with Crippen molar-refractivity contribution >= 4 is 49.3 Å². The van der Waals surface area contributed by atoms with Crippen LogP contribution in [0.25, 0.3) is 43.4 Å². The number of rotatable bonds is 18. The summed E-state index contributed by atoms with van der Waals surface area (Å²) in [5.41, 5.74) is 5.43. The molecule has 2 aliphatic carbocycles. The van der Waals surface area contributed by atoms with Crippen LogP contribution >= 0.6 is 11.3 Å². The molecule has 0 saturated heterocycles. The summed E-state index contributed by atoms with van der Waals surface area (Å²) in [5.74, 6) is -1.37. The first-order valence-electron chi connectivity index (χ1n) is 22.2.